The van der Waals surface area contributed by atoms with Crippen LogP contribution in [0.15, 0.2) is 0 Å². The Morgan fingerprint density at radius 1 is 1.19 bits per heavy atom. The maximum atomic E-state index is 3.87. The summed E-state index contributed by atoms with van der Waals surface area (Å²) in [5.41, 5.74) is 0.550. The Kier molecular flexibility index (Phi) is 3.33. The van der Waals surface area contributed by atoms with E-state index in [2.05, 4.69) is 38.3 Å². The molecule has 1 heterocycles. The normalized spacial score (nSPS) is 39.4. The van der Waals surface area contributed by atoms with Crippen LogP contribution in [-0.4, -0.2) is 23.7 Å². The van der Waals surface area contributed by atoms with Crippen molar-refractivity contribution in [2.45, 2.75) is 76.9 Å². The molecule has 16 heavy (non-hydrogen) atoms. The Morgan fingerprint density at radius 3 is 2.38 bits per heavy atom. The third kappa shape index (κ3) is 2.43. The smallest absolute Gasteiger partial charge is 0.0305 e. The highest BCUT2D eigenvalue weighted by molar-refractivity contribution is 5.05. The first kappa shape index (κ1) is 12.4. The Morgan fingerprint density at radius 2 is 1.88 bits per heavy atom. The molecule has 1 saturated heterocycles. The summed E-state index contributed by atoms with van der Waals surface area (Å²) in [6.07, 6.45) is 6.95. The van der Waals surface area contributed by atoms with E-state index in [1.807, 2.05) is 0 Å². The summed E-state index contributed by atoms with van der Waals surface area (Å²) in [7, 11) is 0. The average Bonchev–Trinajstić information content (AvgIpc) is 2.17. The largest absolute Gasteiger partial charge is 0.308 e. The van der Waals surface area contributed by atoms with E-state index >= 15 is 0 Å². The van der Waals surface area contributed by atoms with Gasteiger partial charge in [0.05, 0.1) is 0 Å². The lowest BCUT2D eigenvalue weighted by atomic mass is 9.73. The predicted octanol–water partition coefficient (Wildman–Crippen LogP) is 2.69. The van der Waals surface area contributed by atoms with Gasteiger partial charge in [-0.2, -0.15) is 0 Å². The summed E-state index contributed by atoms with van der Waals surface area (Å²) in [4.78, 5) is 0. The fraction of sp³-hybridized carbons (Fsp3) is 1.00. The maximum absolute atomic E-state index is 3.87. The van der Waals surface area contributed by atoms with Gasteiger partial charge in [-0.3, -0.25) is 0 Å². The first-order chi connectivity index (χ1) is 7.45. The van der Waals surface area contributed by atoms with Gasteiger partial charge in [0.1, 0.15) is 0 Å². The lowest BCUT2D eigenvalue weighted by molar-refractivity contribution is 0.102. The molecule has 1 aliphatic carbocycles. The molecule has 0 spiro atoms. The summed E-state index contributed by atoms with van der Waals surface area (Å²) in [6, 6.07) is 0.645. The average molecular weight is 224 g/mol. The summed E-state index contributed by atoms with van der Waals surface area (Å²) in [5.74, 6) is 0.985. The maximum Gasteiger partial charge on any atom is 0.0305 e. The molecule has 0 aromatic carbocycles. The van der Waals surface area contributed by atoms with Gasteiger partial charge in [-0.1, -0.05) is 26.2 Å². The quantitative estimate of drug-likeness (QED) is 0.770. The van der Waals surface area contributed by atoms with Gasteiger partial charge in [-0.25, -0.2) is 0 Å². The number of piperazine rings is 1. The minimum absolute atomic E-state index is 0.253. The molecule has 94 valence electrons. The van der Waals surface area contributed by atoms with Crippen molar-refractivity contribution in [2.24, 2.45) is 5.92 Å². The zero-order chi connectivity index (χ0) is 11.8. The van der Waals surface area contributed by atoms with Crippen LogP contribution in [0.3, 0.4) is 0 Å². The monoisotopic (exact) mass is 224 g/mol. The Balaban J connectivity index is 2.02. The van der Waals surface area contributed by atoms with Crippen molar-refractivity contribution in [1.29, 1.82) is 0 Å². The van der Waals surface area contributed by atoms with Crippen LogP contribution in [-0.2, 0) is 0 Å². The van der Waals surface area contributed by atoms with E-state index in [1.165, 1.54) is 32.1 Å². The van der Waals surface area contributed by atoms with Crippen LogP contribution >= 0.6 is 0 Å². The first-order valence-corrected chi connectivity index (χ1v) is 6.98. The minimum atomic E-state index is 0.253. The van der Waals surface area contributed by atoms with E-state index in [-0.39, 0.29) is 5.54 Å². The summed E-state index contributed by atoms with van der Waals surface area (Å²) in [6.45, 7) is 10.4. The third-order valence-corrected chi connectivity index (χ3v) is 4.80. The molecule has 0 amide bonds. The van der Waals surface area contributed by atoms with Crippen LogP contribution in [0.1, 0.15) is 59.8 Å². The van der Waals surface area contributed by atoms with Crippen LogP contribution in [0.25, 0.3) is 0 Å². The summed E-state index contributed by atoms with van der Waals surface area (Å²) in [5, 5.41) is 7.65. The topological polar surface area (TPSA) is 24.1 Å². The summed E-state index contributed by atoms with van der Waals surface area (Å²) >= 11 is 0. The molecule has 2 N–H and O–H groups in total. The lowest BCUT2D eigenvalue weighted by Crippen LogP contribution is -2.71. The Hall–Kier alpha value is -0.0800. The standard InChI is InChI=1S/C14H28N2/c1-5-14(4)12(9-11-7-6-8-11)16-13(2,3)10-15-14/h11-12,15-16H,5-10H2,1-4H3/t12-,14-/m0/s1. The molecule has 0 radical (unpaired) electrons. The van der Waals surface area contributed by atoms with Crippen LogP contribution in [0, 0.1) is 5.92 Å². The first-order valence-electron chi connectivity index (χ1n) is 6.98. The summed E-state index contributed by atoms with van der Waals surface area (Å²) < 4.78 is 0. The van der Waals surface area contributed by atoms with Gasteiger partial charge in [0, 0.05) is 23.7 Å². The van der Waals surface area contributed by atoms with Crippen LogP contribution < -0.4 is 10.6 Å². The van der Waals surface area contributed by atoms with Crippen molar-refractivity contribution in [1.82, 2.24) is 10.6 Å². The SMILES string of the molecule is CC[C@]1(C)NCC(C)(C)N[C@H]1CC1CCC1. The molecule has 1 saturated carbocycles. The fourth-order valence-electron chi connectivity index (χ4n) is 2.98. The van der Waals surface area contributed by atoms with Crippen LogP contribution in [0.4, 0.5) is 0 Å². The van der Waals surface area contributed by atoms with E-state index in [1.54, 1.807) is 0 Å². The van der Waals surface area contributed by atoms with E-state index in [0.717, 1.165) is 12.5 Å². The zero-order valence-electron chi connectivity index (χ0n) is 11.4. The van der Waals surface area contributed by atoms with Crippen molar-refractivity contribution in [3.05, 3.63) is 0 Å². The van der Waals surface area contributed by atoms with Crippen molar-refractivity contribution in [2.75, 3.05) is 6.54 Å². The molecule has 2 heteroatoms. The zero-order valence-corrected chi connectivity index (χ0v) is 11.4. The Bertz CT molecular complexity index is 245. The molecule has 0 unspecified atom stereocenters. The Labute approximate surface area is 101 Å². The lowest BCUT2D eigenvalue weighted by Gasteiger charge is -2.51. The van der Waals surface area contributed by atoms with E-state index in [4.69, 9.17) is 0 Å². The second-order valence-electron chi connectivity index (χ2n) is 6.74. The molecular formula is C14H28N2. The molecule has 0 aromatic heterocycles. The van der Waals surface area contributed by atoms with Crippen molar-refractivity contribution in [3.63, 3.8) is 0 Å². The minimum Gasteiger partial charge on any atom is -0.308 e. The molecule has 2 fully saturated rings. The van der Waals surface area contributed by atoms with Gasteiger partial charge < -0.3 is 10.6 Å². The molecule has 2 nitrogen and oxygen atoms in total. The number of hydrogen-bond donors (Lipinski definition) is 2. The second-order valence-corrected chi connectivity index (χ2v) is 6.74. The third-order valence-electron chi connectivity index (χ3n) is 4.80. The van der Waals surface area contributed by atoms with Crippen molar-refractivity contribution >= 4 is 0 Å². The molecule has 2 atom stereocenters. The van der Waals surface area contributed by atoms with E-state index in [0.29, 0.717) is 11.6 Å². The van der Waals surface area contributed by atoms with Gasteiger partial charge in [0.2, 0.25) is 0 Å². The van der Waals surface area contributed by atoms with E-state index < -0.39 is 0 Å². The highest BCUT2D eigenvalue weighted by atomic mass is 15.2. The molecule has 2 rings (SSSR count). The molecule has 0 bridgehead atoms. The second kappa shape index (κ2) is 4.30. The van der Waals surface area contributed by atoms with Gasteiger partial charge in [0.15, 0.2) is 0 Å². The van der Waals surface area contributed by atoms with E-state index in [9.17, 15) is 0 Å². The number of nitrogens with one attached hydrogen (secondary N) is 2. The molecule has 2 aliphatic rings. The fourth-order valence-corrected chi connectivity index (χ4v) is 2.98. The highest BCUT2D eigenvalue weighted by Crippen LogP contribution is 2.35. The van der Waals surface area contributed by atoms with Crippen LogP contribution in [0.2, 0.25) is 0 Å². The van der Waals surface area contributed by atoms with Crippen molar-refractivity contribution in [3.8, 4) is 0 Å². The van der Waals surface area contributed by atoms with Crippen LogP contribution in [0.5, 0.6) is 0 Å². The van der Waals surface area contributed by atoms with Gasteiger partial charge >= 0.3 is 0 Å². The van der Waals surface area contributed by atoms with Crippen molar-refractivity contribution < 1.29 is 0 Å². The number of rotatable bonds is 3. The number of hydrogen-bond acceptors (Lipinski definition) is 2. The van der Waals surface area contributed by atoms with Gasteiger partial charge in [-0.05, 0) is 39.5 Å². The van der Waals surface area contributed by atoms with Gasteiger partial charge in [-0.15, -0.1) is 0 Å². The molecule has 1 aliphatic heterocycles. The predicted molar refractivity (Wildman–Crippen MR) is 69.7 cm³/mol. The highest BCUT2D eigenvalue weighted by Gasteiger charge is 2.42. The molecular weight excluding hydrogens is 196 g/mol. The van der Waals surface area contributed by atoms with Gasteiger partial charge in [0.25, 0.3) is 0 Å². The molecule has 0 aromatic rings.